The van der Waals surface area contributed by atoms with E-state index in [1.807, 2.05) is 0 Å². The number of urea groups is 1. The quantitative estimate of drug-likeness (QED) is 0.514. The number of nitriles is 1. The van der Waals surface area contributed by atoms with Crippen molar-refractivity contribution >= 4 is 29.4 Å². The van der Waals surface area contributed by atoms with E-state index in [2.05, 4.69) is 11.4 Å². The second-order valence-electron chi connectivity index (χ2n) is 12.2. The molecule has 3 heterocycles. The van der Waals surface area contributed by atoms with Crippen molar-refractivity contribution in [2.24, 2.45) is 11.8 Å². The first-order valence-electron chi connectivity index (χ1n) is 14.4. The minimum atomic E-state index is -1.55. The first-order chi connectivity index (χ1) is 19.6. The van der Waals surface area contributed by atoms with E-state index in [0.29, 0.717) is 37.5 Å². The fourth-order valence-electron chi connectivity index (χ4n) is 6.30. The molecule has 1 N–H and O–H groups in total. The van der Waals surface area contributed by atoms with Gasteiger partial charge >= 0.3 is 6.03 Å². The van der Waals surface area contributed by atoms with Crippen LogP contribution in [0.3, 0.4) is 0 Å². The molecule has 41 heavy (non-hydrogen) atoms. The predicted octanol–water partition coefficient (Wildman–Crippen LogP) is 2.18. The summed E-state index contributed by atoms with van der Waals surface area (Å²) in [6.45, 7) is 0.791. The number of carbonyl (C=O) groups is 4. The molecule has 0 bridgehead atoms. The molecule has 1 spiro atoms. The van der Waals surface area contributed by atoms with Gasteiger partial charge in [0.1, 0.15) is 29.7 Å². The first kappa shape index (κ1) is 27.3. The Morgan fingerprint density at radius 1 is 1.20 bits per heavy atom. The summed E-state index contributed by atoms with van der Waals surface area (Å²) < 4.78 is 20.0. The van der Waals surface area contributed by atoms with Gasteiger partial charge in [-0.3, -0.25) is 14.4 Å². The molecule has 218 valence electrons. The summed E-state index contributed by atoms with van der Waals surface area (Å²) in [5.41, 5.74) is -1.23. The molecule has 2 saturated heterocycles. The molecule has 12 heteroatoms. The van der Waals surface area contributed by atoms with Crippen LogP contribution in [-0.4, -0.2) is 101 Å². The third-order valence-electron chi connectivity index (χ3n) is 9.19. The van der Waals surface area contributed by atoms with Crippen LogP contribution in [0.1, 0.15) is 44.9 Å². The van der Waals surface area contributed by atoms with E-state index in [4.69, 9.17) is 4.74 Å². The maximum Gasteiger partial charge on any atom is 0.320 e. The highest BCUT2D eigenvalue weighted by molar-refractivity contribution is 6.02. The van der Waals surface area contributed by atoms with Crippen molar-refractivity contribution in [2.75, 3.05) is 39.0 Å². The molecule has 4 atom stereocenters. The van der Waals surface area contributed by atoms with Gasteiger partial charge < -0.3 is 29.7 Å². The van der Waals surface area contributed by atoms with E-state index in [1.165, 1.54) is 28.0 Å². The Morgan fingerprint density at radius 3 is 2.54 bits per heavy atom. The predicted molar refractivity (Wildman–Crippen MR) is 144 cm³/mol. The average molecular weight is 567 g/mol. The fraction of sp³-hybridized carbons (Fsp3) is 0.621. The Labute approximate surface area is 238 Å². The van der Waals surface area contributed by atoms with Gasteiger partial charge in [0.25, 0.3) is 5.91 Å². The van der Waals surface area contributed by atoms with E-state index in [-0.39, 0.29) is 36.6 Å². The van der Waals surface area contributed by atoms with Crippen LogP contribution in [0.2, 0.25) is 0 Å². The van der Waals surface area contributed by atoms with E-state index in [9.17, 15) is 28.8 Å². The molecular formula is C29H35FN6O5. The Hall–Kier alpha value is -3.88. The molecule has 6 rings (SSSR count). The number of ether oxygens (including phenoxy) is 1. The molecular weight excluding hydrogens is 531 g/mol. The lowest BCUT2D eigenvalue weighted by molar-refractivity contribution is -0.148. The Morgan fingerprint density at radius 2 is 1.90 bits per heavy atom. The highest BCUT2D eigenvalue weighted by Crippen LogP contribution is 2.42. The van der Waals surface area contributed by atoms with Gasteiger partial charge in [0, 0.05) is 39.7 Å². The number of anilines is 1. The number of hydrogen-bond acceptors (Lipinski definition) is 6. The maximum atomic E-state index is 14.2. The third-order valence-corrected chi connectivity index (χ3v) is 9.19. The Balaban J connectivity index is 1.25. The van der Waals surface area contributed by atoms with Gasteiger partial charge in [0.05, 0.1) is 18.3 Å². The molecule has 5 aliphatic rings. The zero-order chi connectivity index (χ0) is 29.1. The molecule has 5 amide bonds. The van der Waals surface area contributed by atoms with Crippen LogP contribution < -0.4 is 10.1 Å². The maximum absolute atomic E-state index is 14.2. The van der Waals surface area contributed by atoms with Crippen LogP contribution in [-0.2, 0) is 14.4 Å². The Bertz CT molecular complexity index is 1330. The number of nitrogens with one attached hydrogen (secondary N) is 1. The number of likely N-dealkylation sites (N-methyl/N-ethyl adjacent to an activating group) is 2. The lowest BCUT2D eigenvalue weighted by atomic mass is 9.97. The van der Waals surface area contributed by atoms with Gasteiger partial charge in [-0.25, -0.2) is 9.18 Å². The summed E-state index contributed by atoms with van der Waals surface area (Å²) in [4.78, 5) is 60.3. The van der Waals surface area contributed by atoms with Crippen molar-refractivity contribution in [2.45, 2.75) is 68.7 Å². The molecule has 0 radical (unpaired) electrons. The second-order valence-corrected chi connectivity index (χ2v) is 12.2. The van der Waals surface area contributed by atoms with E-state index < -0.39 is 41.4 Å². The average Bonchev–Trinajstić information content (AvgIpc) is 3.88. The summed E-state index contributed by atoms with van der Waals surface area (Å²) in [6, 6.07) is 3.25. The molecule has 4 fully saturated rings. The van der Waals surface area contributed by atoms with Crippen LogP contribution >= 0.6 is 0 Å². The second kappa shape index (κ2) is 10.2. The van der Waals surface area contributed by atoms with E-state index >= 15 is 0 Å². The number of rotatable bonds is 8. The van der Waals surface area contributed by atoms with Crippen molar-refractivity contribution < 1.29 is 28.3 Å². The molecule has 0 aromatic heterocycles. The SMILES string of the molecule is CN1CCN([C@@H](CC2CC2)C(=O)N(C)[C@@H](CC2CC2)C(=O)N2C[C@@]3(C[C@H]2C#N)Oc2cc(F)ccc2NC3=O)C1=O. The van der Waals surface area contributed by atoms with Crippen LogP contribution in [0.5, 0.6) is 5.75 Å². The van der Waals surface area contributed by atoms with E-state index in [1.54, 1.807) is 23.9 Å². The monoisotopic (exact) mass is 566 g/mol. The van der Waals surface area contributed by atoms with Crippen molar-refractivity contribution in [1.82, 2.24) is 19.6 Å². The van der Waals surface area contributed by atoms with Crippen LogP contribution in [0.15, 0.2) is 18.2 Å². The summed E-state index contributed by atoms with van der Waals surface area (Å²) in [6.07, 6.45) is 4.86. The number of nitrogens with zero attached hydrogens (tertiary/aromatic N) is 5. The standard InChI is InChI=1S/C29H35FN6O5/c1-33-9-10-35(28(33)40)23(12-18-5-6-18)25(37)34(2)22(11-17-3-4-17)26(38)36-16-29(14-20(36)15-31)27(39)32-21-8-7-19(30)13-24(21)41-29/h7-8,13,17-18,20,22-23H,3-6,9-12,14,16H2,1-2H3,(H,32,39)/t20-,22-,23-,29+/m0/s1. The first-order valence-corrected chi connectivity index (χ1v) is 14.4. The van der Waals surface area contributed by atoms with Gasteiger partial charge in [0.15, 0.2) is 0 Å². The normalized spacial score (nSPS) is 26.8. The molecule has 3 aliphatic heterocycles. The van der Waals surface area contributed by atoms with Gasteiger partial charge in [-0.15, -0.1) is 0 Å². The van der Waals surface area contributed by atoms with Crippen LogP contribution in [0.25, 0.3) is 0 Å². The van der Waals surface area contributed by atoms with Gasteiger partial charge in [-0.05, 0) is 36.8 Å². The van der Waals surface area contributed by atoms with Crippen molar-refractivity contribution in [3.8, 4) is 11.8 Å². The molecule has 1 aromatic carbocycles. The summed E-state index contributed by atoms with van der Waals surface area (Å²) in [7, 11) is 3.32. The minimum Gasteiger partial charge on any atom is -0.473 e. The number of amides is 5. The van der Waals surface area contributed by atoms with Crippen molar-refractivity contribution in [1.29, 1.82) is 5.26 Å². The Kier molecular flexibility index (Phi) is 6.78. The van der Waals surface area contributed by atoms with Gasteiger partial charge in [-0.2, -0.15) is 5.26 Å². The molecule has 11 nitrogen and oxygen atoms in total. The number of hydrogen-bond donors (Lipinski definition) is 1. The number of fused-ring (bicyclic) bond motifs is 1. The largest absolute Gasteiger partial charge is 0.473 e. The van der Waals surface area contributed by atoms with Crippen molar-refractivity contribution in [3.63, 3.8) is 0 Å². The molecule has 2 aliphatic carbocycles. The third kappa shape index (κ3) is 5.06. The zero-order valence-corrected chi connectivity index (χ0v) is 23.3. The minimum absolute atomic E-state index is 0.0796. The summed E-state index contributed by atoms with van der Waals surface area (Å²) in [5.74, 6) is -0.944. The number of benzene rings is 1. The number of halogens is 1. The van der Waals surface area contributed by atoms with Gasteiger partial charge in [-0.1, -0.05) is 25.7 Å². The summed E-state index contributed by atoms with van der Waals surface area (Å²) in [5, 5.41) is 12.8. The van der Waals surface area contributed by atoms with Crippen molar-refractivity contribution in [3.05, 3.63) is 24.0 Å². The molecule has 0 unspecified atom stereocenters. The topological polar surface area (TPSA) is 126 Å². The smallest absolute Gasteiger partial charge is 0.320 e. The lowest BCUT2D eigenvalue weighted by Crippen LogP contribution is -2.57. The van der Waals surface area contributed by atoms with Gasteiger partial charge in [0.2, 0.25) is 17.4 Å². The number of likely N-dealkylation sites (tertiary alicyclic amines) is 1. The molecule has 2 saturated carbocycles. The number of carbonyl (C=O) groups excluding carboxylic acids is 4. The van der Waals surface area contributed by atoms with Crippen LogP contribution in [0, 0.1) is 29.0 Å². The molecule has 1 aromatic rings. The van der Waals surface area contributed by atoms with Crippen LogP contribution in [0.4, 0.5) is 14.9 Å². The summed E-state index contributed by atoms with van der Waals surface area (Å²) >= 11 is 0. The highest BCUT2D eigenvalue weighted by Gasteiger charge is 2.56. The van der Waals surface area contributed by atoms with E-state index in [0.717, 1.165) is 25.7 Å². The highest BCUT2D eigenvalue weighted by atomic mass is 19.1. The zero-order valence-electron chi connectivity index (χ0n) is 23.3. The fourth-order valence-corrected chi connectivity index (χ4v) is 6.30. The lowest BCUT2D eigenvalue weighted by Gasteiger charge is -2.37.